The Morgan fingerprint density at radius 2 is 1.67 bits per heavy atom. The van der Waals surface area contributed by atoms with E-state index in [0.29, 0.717) is 6.42 Å². The van der Waals surface area contributed by atoms with Crippen molar-refractivity contribution >= 4 is 11.6 Å². The number of amides is 1. The van der Waals surface area contributed by atoms with Crippen LogP contribution in [-0.2, 0) is 11.2 Å². The molecule has 0 aliphatic carbocycles. The third kappa shape index (κ3) is 2.58. The predicted octanol–water partition coefficient (Wildman–Crippen LogP) is 3.21. The van der Waals surface area contributed by atoms with Gasteiger partial charge in [-0.25, -0.2) is 0 Å². The molecular weight excluding hydrogens is 186 g/mol. The standard InChI is InChI=1S/C11H13NO.C2H6/c1-7-5-9-3-4-11(13)12-10(9)6-8(7)2;1-2/h5-6H,3-4H2,1-2H3,(H,12,13);1-2H3. The number of benzene rings is 1. The molecule has 1 aliphatic heterocycles. The number of hydrogen-bond acceptors (Lipinski definition) is 1. The Morgan fingerprint density at radius 1 is 1.07 bits per heavy atom. The van der Waals surface area contributed by atoms with Crippen LogP contribution >= 0.6 is 0 Å². The molecule has 82 valence electrons. The molecule has 1 amide bonds. The summed E-state index contributed by atoms with van der Waals surface area (Å²) in [5.41, 5.74) is 4.80. The lowest BCUT2D eigenvalue weighted by atomic mass is 9.98. The van der Waals surface area contributed by atoms with Crippen molar-refractivity contribution in [3.05, 3.63) is 28.8 Å². The molecule has 0 bridgehead atoms. The molecule has 0 fully saturated rings. The molecule has 1 heterocycles. The zero-order chi connectivity index (χ0) is 11.4. The van der Waals surface area contributed by atoms with E-state index in [1.165, 1.54) is 16.7 Å². The molecule has 1 aromatic rings. The number of fused-ring (bicyclic) bond motifs is 1. The first-order valence-corrected chi connectivity index (χ1v) is 5.57. The van der Waals surface area contributed by atoms with Gasteiger partial charge in [0.05, 0.1) is 0 Å². The number of carbonyl (C=O) groups excluding carboxylic acids is 1. The van der Waals surface area contributed by atoms with Gasteiger partial charge in [-0.2, -0.15) is 0 Å². The second kappa shape index (κ2) is 4.96. The molecule has 1 aromatic carbocycles. The summed E-state index contributed by atoms with van der Waals surface area (Å²) in [4.78, 5) is 11.1. The van der Waals surface area contributed by atoms with Crippen LogP contribution < -0.4 is 5.32 Å². The van der Waals surface area contributed by atoms with Crippen molar-refractivity contribution in [2.24, 2.45) is 0 Å². The predicted molar refractivity (Wildman–Crippen MR) is 64.2 cm³/mol. The minimum atomic E-state index is 0.135. The fraction of sp³-hybridized carbons (Fsp3) is 0.462. The lowest BCUT2D eigenvalue weighted by Crippen LogP contribution is -2.19. The number of aryl methyl sites for hydroxylation is 3. The first-order chi connectivity index (χ1) is 7.16. The van der Waals surface area contributed by atoms with E-state index in [9.17, 15) is 4.79 Å². The third-order valence-corrected chi connectivity index (χ3v) is 2.62. The summed E-state index contributed by atoms with van der Waals surface area (Å²) >= 11 is 0. The van der Waals surface area contributed by atoms with Crippen LogP contribution in [0.2, 0.25) is 0 Å². The van der Waals surface area contributed by atoms with Crippen molar-refractivity contribution in [1.82, 2.24) is 0 Å². The normalized spacial score (nSPS) is 13.5. The highest BCUT2D eigenvalue weighted by Gasteiger charge is 2.14. The first kappa shape index (κ1) is 11.8. The maximum atomic E-state index is 11.1. The van der Waals surface area contributed by atoms with E-state index in [1.54, 1.807) is 0 Å². The van der Waals surface area contributed by atoms with E-state index < -0.39 is 0 Å². The number of carbonyl (C=O) groups is 1. The molecule has 0 saturated carbocycles. The second-order valence-electron chi connectivity index (χ2n) is 3.64. The number of nitrogens with one attached hydrogen (secondary N) is 1. The molecule has 1 N–H and O–H groups in total. The fourth-order valence-corrected chi connectivity index (χ4v) is 1.66. The summed E-state index contributed by atoms with van der Waals surface area (Å²) in [7, 11) is 0. The zero-order valence-corrected chi connectivity index (χ0v) is 9.98. The van der Waals surface area contributed by atoms with Crippen LogP contribution in [0.1, 0.15) is 37.0 Å². The molecule has 0 aromatic heterocycles. The Hall–Kier alpha value is -1.31. The average molecular weight is 205 g/mol. The Morgan fingerprint density at radius 3 is 2.33 bits per heavy atom. The van der Waals surface area contributed by atoms with Gasteiger partial charge in [0, 0.05) is 12.1 Å². The van der Waals surface area contributed by atoms with E-state index >= 15 is 0 Å². The molecule has 2 heteroatoms. The summed E-state index contributed by atoms with van der Waals surface area (Å²) < 4.78 is 0. The molecule has 0 radical (unpaired) electrons. The second-order valence-corrected chi connectivity index (χ2v) is 3.64. The van der Waals surface area contributed by atoms with Crippen LogP contribution in [0.5, 0.6) is 0 Å². The summed E-state index contributed by atoms with van der Waals surface area (Å²) in [6, 6.07) is 4.23. The number of rotatable bonds is 0. The quantitative estimate of drug-likeness (QED) is 0.692. The minimum Gasteiger partial charge on any atom is -0.326 e. The molecule has 1 aliphatic rings. The van der Waals surface area contributed by atoms with Gasteiger partial charge in [-0.15, -0.1) is 0 Å². The van der Waals surface area contributed by atoms with Gasteiger partial charge in [0.1, 0.15) is 0 Å². The molecule has 2 nitrogen and oxygen atoms in total. The maximum absolute atomic E-state index is 11.1. The van der Waals surface area contributed by atoms with E-state index in [2.05, 4.69) is 31.3 Å². The van der Waals surface area contributed by atoms with Gasteiger partial charge in [0.25, 0.3) is 0 Å². The highest BCUT2D eigenvalue weighted by atomic mass is 16.1. The maximum Gasteiger partial charge on any atom is 0.224 e. The van der Waals surface area contributed by atoms with Crippen molar-refractivity contribution in [1.29, 1.82) is 0 Å². The average Bonchev–Trinajstić information content (AvgIpc) is 2.23. The van der Waals surface area contributed by atoms with E-state index in [0.717, 1.165) is 12.1 Å². The van der Waals surface area contributed by atoms with Gasteiger partial charge in [0.2, 0.25) is 5.91 Å². The largest absolute Gasteiger partial charge is 0.326 e. The van der Waals surface area contributed by atoms with Crippen LogP contribution in [0.4, 0.5) is 5.69 Å². The Labute approximate surface area is 91.7 Å². The van der Waals surface area contributed by atoms with Crippen molar-refractivity contribution in [3.8, 4) is 0 Å². The van der Waals surface area contributed by atoms with E-state index in [4.69, 9.17) is 0 Å². The lowest BCUT2D eigenvalue weighted by Gasteiger charge is -2.18. The van der Waals surface area contributed by atoms with Gasteiger partial charge in [-0.05, 0) is 43.0 Å². The minimum absolute atomic E-state index is 0.135. The Bertz CT molecular complexity index is 369. The van der Waals surface area contributed by atoms with Crippen LogP contribution in [0.25, 0.3) is 0 Å². The summed E-state index contributed by atoms with van der Waals surface area (Å²) in [6.07, 6.45) is 1.50. The lowest BCUT2D eigenvalue weighted by molar-refractivity contribution is -0.116. The fourth-order valence-electron chi connectivity index (χ4n) is 1.66. The molecule has 0 unspecified atom stereocenters. The topological polar surface area (TPSA) is 29.1 Å². The zero-order valence-electron chi connectivity index (χ0n) is 9.98. The molecule has 0 atom stereocenters. The molecule has 2 rings (SSSR count). The van der Waals surface area contributed by atoms with Crippen molar-refractivity contribution in [2.75, 3.05) is 5.32 Å². The highest BCUT2D eigenvalue weighted by molar-refractivity contribution is 5.94. The molecule has 0 spiro atoms. The van der Waals surface area contributed by atoms with Gasteiger partial charge < -0.3 is 5.32 Å². The van der Waals surface area contributed by atoms with Gasteiger partial charge in [-0.3, -0.25) is 4.79 Å². The van der Waals surface area contributed by atoms with Gasteiger partial charge >= 0.3 is 0 Å². The number of hydrogen-bond donors (Lipinski definition) is 1. The molecular formula is C13H19NO. The summed E-state index contributed by atoms with van der Waals surface area (Å²) in [5, 5.41) is 2.89. The highest BCUT2D eigenvalue weighted by Crippen LogP contribution is 2.25. The van der Waals surface area contributed by atoms with Crippen LogP contribution in [-0.4, -0.2) is 5.91 Å². The van der Waals surface area contributed by atoms with E-state index in [-0.39, 0.29) is 5.91 Å². The van der Waals surface area contributed by atoms with Gasteiger partial charge in [-0.1, -0.05) is 19.9 Å². The monoisotopic (exact) mass is 205 g/mol. The summed E-state index contributed by atoms with van der Waals surface area (Å²) in [6.45, 7) is 8.17. The first-order valence-electron chi connectivity index (χ1n) is 5.57. The van der Waals surface area contributed by atoms with E-state index in [1.807, 2.05) is 13.8 Å². The summed E-state index contributed by atoms with van der Waals surface area (Å²) in [5.74, 6) is 0.135. The Kier molecular flexibility index (Phi) is 3.89. The third-order valence-electron chi connectivity index (χ3n) is 2.62. The molecule has 0 saturated heterocycles. The Balaban J connectivity index is 0.000000531. The molecule has 15 heavy (non-hydrogen) atoms. The van der Waals surface area contributed by atoms with Crippen molar-refractivity contribution in [3.63, 3.8) is 0 Å². The van der Waals surface area contributed by atoms with Crippen molar-refractivity contribution < 1.29 is 4.79 Å². The smallest absolute Gasteiger partial charge is 0.224 e. The number of anilines is 1. The van der Waals surface area contributed by atoms with Crippen LogP contribution in [0, 0.1) is 13.8 Å². The van der Waals surface area contributed by atoms with Crippen LogP contribution in [0.15, 0.2) is 12.1 Å². The van der Waals surface area contributed by atoms with Crippen LogP contribution in [0.3, 0.4) is 0 Å². The van der Waals surface area contributed by atoms with Crippen molar-refractivity contribution in [2.45, 2.75) is 40.5 Å². The van der Waals surface area contributed by atoms with Gasteiger partial charge in [0.15, 0.2) is 0 Å². The SMILES string of the molecule is CC.Cc1cc2c(cc1C)NC(=O)CC2.